The Hall–Kier alpha value is -1.25. The van der Waals surface area contributed by atoms with Crippen LogP contribution in [0.3, 0.4) is 0 Å². The van der Waals surface area contributed by atoms with Crippen LogP contribution in [0.5, 0.6) is 0 Å². The van der Waals surface area contributed by atoms with Gasteiger partial charge in [-0.1, -0.05) is 6.92 Å². The van der Waals surface area contributed by atoms with Gasteiger partial charge in [0.2, 0.25) is 0 Å². The first-order valence-corrected chi connectivity index (χ1v) is 4.44. The molecule has 0 aliphatic carbocycles. The first-order chi connectivity index (χ1) is 6.11. The first-order valence-electron chi connectivity index (χ1n) is 4.44. The quantitative estimate of drug-likeness (QED) is 0.767. The molecule has 1 unspecified atom stereocenters. The van der Waals surface area contributed by atoms with E-state index in [1.54, 1.807) is 6.92 Å². The van der Waals surface area contributed by atoms with E-state index >= 15 is 0 Å². The topological polar surface area (TPSA) is 42.2 Å². The van der Waals surface area contributed by atoms with Crippen LogP contribution in [-0.4, -0.2) is 15.6 Å². The van der Waals surface area contributed by atoms with Gasteiger partial charge in [0.25, 0.3) is 0 Å². The average molecular weight is 181 g/mol. The number of rotatable bonds is 4. The fourth-order valence-electron chi connectivity index (χ4n) is 1.24. The second-order valence-corrected chi connectivity index (χ2v) is 3.39. The molecule has 3 heteroatoms. The first kappa shape index (κ1) is 9.84. The van der Waals surface area contributed by atoms with Crippen LogP contribution in [0.25, 0.3) is 0 Å². The van der Waals surface area contributed by atoms with E-state index in [0.29, 0.717) is 6.42 Å². The number of aliphatic carboxylic acids is 1. The van der Waals surface area contributed by atoms with Gasteiger partial charge in [0.15, 0.2) is 0 Å². The summed E-state index contributed by atoms with van der Waals surface area (Å²) in [4.78, 5) is 10.5. The number of aromatic nitrogens is 1. The summed E-state index contributed by atoms with van der Waals surface area (Å²) < 4.78 is 2.02. The molecule has 0 radical (unpaired) electrons. The molecule has 0 amide bonds. The number of hydrogen-bond donors (Lipinski definition) is 1. The second kappa shape index (κ2) is 4.12. The van der Waals surface area contributed by atoms with Gasteiger partial charge < -0.3 is 9.67 Å². The van der Waals surface area contributed by atoms with Crippen molar-refractivity contribution >= 4 is 5.97 Å². The van der Waals surface area contributed by atoms with Crippen LogP contribution in [0.1, 0.15) is 19.0 Å². The van der Waals surface area contributed by atoms with E-state index in [2.05, 4.69) is 0 Å². The van der Waals surface area contributed by atoms with E-state index in [-0.39, 0.29) is 5.92 Å². The maximum absolute atomic E-state index is 10.5. The van der Waals surface area contributed by atoms with Crippen LogP contribution >= 0.6 is 0 Å². The van der Waals surface area contributed by atoms with Crippen molar-refractivity contribution in [3.05, 3.63) is 24.0 Å². The van der Waals surface area contributed by atoms with Gasteiger partial charge in [-0.05, 0) is 25.0 Å². The lowest BCUT2D eigenvalue weighted by atomic mass is 10.0. The minimum absolute atomic E-state index is 0.255. The largest absolute Gasteiger partial charge is 0.481 e. The summed E-state index contributed by atoms with van der Waals surface area (Å²) in [5, 5.41) is 8.67. The Morgan fingerprint density at radius 3 is 2.85 bits per heavy atom. The van der Waals surface area contributed by atoms with Crippen molar-refractivity contribution in [1.29, 1.82) is 0 Å². The maximum Gasteiger partial charge on any atom is 0.306 e. The van der Waals surface area contributed by atoms with Crippen LogP contribution in [0.4, 0.5) is 0 Å². The number of carboxylic acids is 1. The highest BCUT2D eigenvalue weighted by Gasteiger charge is 2.10. The van der Waals surface area contributed by atoms with Gasteiger partial charge in [-0.2, -0.15) is 0 Å². The molecule has 0 aliphatic heterocycles. The monoisotopic (exact) mass is 181 g/mol. The van der Waals surface area contributed by atoms with Gasteiger partial charge in [-0.3, -0.25) is 4.79 Å². The third kappa shape index (κ3) is 2.61. The molecule has 0 saturated heterocycles. The van der Waals surface area contributed by atoms with E-state index in [1.165, 1.54) is 5.69 Å². The summed E-state index contributed by atoms with van der Waals surface area (Å²) in [6.07, 6.45) is 3.50. The fraction of sp³-hybridized carbons (Fsp3) is 0.500. The van der Waals surface area contributed by atoms with Gasteiger partial charge in [0.05, 0.1) is 5.92 Å². The summed E-state index contributed by atoms with van der Waals surface area (Å²) in [6.45, 7) is 1.74. The summed E-state index contributed by atoms with van der Waals surface area (Å²) in [6, 6.07) is 4.00. The second-order valence-electron chi connectivity index (χ2n) is 3.39. The molecule has 0 aromatic carbocycles. The Kier molecular flexibility index (Phi) is 3.12. The lowest BCUT2D eigenvalue weighted by Crippen LogP contribution is -2.11. The van der Waals surface area contributed by atoms with Crippen LogP contribution in [0, 0.1) is 5.92 Å². The molecule has 0 bridgehead atoms. The van der Waals surface area contributed by atoms with E-state index in [0.717, 1.165) is 6.42 Å². The van der Waals surface area contributed by atoms with Crippen LogP contribution < -0.4 is 0 Å². The van der Waals surface area contributed by atoms with Gasteiger partial charge in [0, 0.05) is 18.9 Å². The van der Waals surface area contributed by atoms with Gasteiger partial charge >= 0.3 is 5.97 Å². The average Bonchev–Trinajstić information content (AvgIpc) is 2.47. The number of nitrogens with zero attached hydrogens (tertiary/aromatic N) is 1. The van der Waals surface area contributed by atoms with Crippen molar-refractivity contribution in [2.24, 2.45) is 13.0 Å². The highest BCUT2D eigenvalue weighted by atomic mass is 16.4. The summed E-state index contributed by atoms with van der Waals surface area (Å²) in [5.41, 5.74) is 1.19. The summed E-state index contributed by atoms with van der Waals surface area (Å²) in [7, 11) is 1.97. The maximum atomic E-state index is 10.5. The van der Waals surface area contributed by atoms with Crippen molar-refractivity contribution in [3.63, 3.8) is 0 Å². The lowest BCUT2D eigenvalue weighted by Gasteiger charge is -2.06. The van der Waals surface area contributed by atoms with Crippen molar-refractivity contribution in [2.45, 2.75) is 19.8 Å². The van der Waals surface area contributed by atoms with Crippen molar-refractivity contribution in [2.75, 3.05) is 0 Å². The van der Waals surface area contributed by atoms with Gasteiger partial charge in [-0.15, -0.1) is 0 Å². The zero-order chi connectivity index (χ0) is 9.84. The van der Waals surface area contributed by atoms with E-state index in [9.17, 15) is 4.79 Å². The third-order valence-electron chi connectivity index (χ3n) is 2.31. The molecule has 1 rings (SSSR count). The number of aryl methyl sites for hydroxylation is 2. The molecule has 1 aromatic heterocycles. The molecule has 72 valence electrons. The SMILES string of the molecule is CC(CCc1cccn1C)C(=O)O. The highest BCUT2D eigenvalue weighted by molar-refractivity contribution is 5.69. The van der Waals surface area contributed by atoms with E-state index in [1.807, 2.05) is 29.9 Å². The molecule has 1 aromatic rings. The zero-order valence-corrected chi connectivity index (χ0v) is 8.03. The molecule has 3 nitrogen and oxygen atoms in total. The van der Waals surface area contributed by atoms with Gasteiger partial charge in [-0.25, -0.2) is 0 Å². The smallest absolute Gasteiger partial charge is 0.306 e. The predicted molar refractivity (Wildman–Crippen MR) is 50.5 cm³/mol. The molecule has 0 fully saturated rings. The minimum Gasteiger partial charge on any atom is -0.481 e. The number of carbonyl (C=O) groups is 1. The van der Waals surface area contributed by atoms with Gasteiger partial charge in [0.1, 0.15) is 0 Å². The Morgan fingerprint density at radius 2 is 2.38 bits per heavy atom. The molecule has 1 atom stereocenters. The number of carboxylic acid groups (broad SMARTS) is 1. The van der Waals surface area contributed by atoms with Crippen LogP contribution in [0.2, 0.25) is 0 Å². The van der Waals surface area contributed by atoms with Crippen LogP contribution in [-0.2, 0) is 18.3 Å². The normalized spacial score (nSPS) is 12.8. The highest BCUT2D eigenvalue weighted by Crippen LogP contribution is 2.09. The van der Waals surface area contributed by atoms with E-state index < -0.39 is 5.97 Å². The third-order valence-corrected chi connectivity index (χ3v) is 2.31. The fourth-order valence-corrected chi connectivity index (χ4v) is 1.24. The Balaban J connectivity index is 2.44. The lowest BCUT2D eigenvalue weighted by molar-refractivity contribution is -0.141. The predicted octanol–water partition coefficient (Wildman–Crippen LogP) is 1.68. The molecule has 0 saturated carbocycles. The van der Waals surface area contributed by atoms with Crippen molar-refractivity contribution < 1.29 is 9.90 Å². The standard InChI is InChI=1S/C10H15NO2/c1-8(10(12)13)5-6-9-4-3-7-11(9)2/h3-4,7-8H,5-6H2,1-2H3,(H,12,13). The minimum atomic E-state index is -0.714. The Bertz CT molecular complexity index is 291. The molecule has 1 heterocycles. The molecular weight excluding hydrogens is 166 g/mol. The van der Waals surface area contributed by atoms with Crippen molar-refractivity contribution in [1.82, 2.24) is 4.57 Å². The van der Waals surface area contributed by atoms with Crippen LogP contribution in [0.15, 0.2) is 18.3 Å². The summed E-state index contributed by atoms with van der Waals surface area (Å²) >= 11 is 0. The molecule has 1 N–H and O–H groups in total. The number of hydrogen-bond acceptors (Lipinski definition) is 1. The summed E-state index contributed by atoms with van der Waals surface area (Å²) in [5.74, 6) is -0.968. The van der Waals surface area contributed by atoms with E-state index in [4.69, 9.17) is 5.11 Å². The van der Waals surface area contributed by atoms with Crippen molar-refractivity contribution in [3.8, 4) is 0 Å². The Labute approximate surface area is 78.0 Å². The molecule has 13 heavy (non-hydrogen) atoms. The zero-order valence-electron chi connectivity index (χ0n) is 8.03. The molecule has 0 aliphatic rings. The molecular formula is C10H15NO2. The Morgan fingerprint density at radius 1 is 1.69 bits per heavy atom. The molecule has 0 spiro atoms.